The monoisotopic (exact) mass is 294 g/mol. The summed E-state index contributed by atoms with van der Waals surface area (Å²) in [5.74, 6) is 0.223. The van der Waals surface area contributed by atoms with Crippen LogP contribution in [-0.4, -0.2) is 66.2 Å². The second kappa shape index (κ2) is 5.71. The maximum atomic E-state index is 12.2. The number of amides is 2. The number of hydrogen-bond acceptors (Lipinski definition) is 5. The largest absolute Gasteiger partial charge is 0.368 e. The Balaban J connectivity index is 1.41. The fourth-order valence-corrected chi connectivity index (χ4v) is 2.84. The molecule has 0 spiro atoms. The maximum Gasteiger partial charge on any atom is 0.251 e. The molecule has 7 heteroatoms. The van der Waals surface area contributed by atoms with Crippen LogP contribution in [0.1, 0.15) is 32.6 Å². The highest BCUT2D eigenvalue weighted by molar-refractivity contribution is 5.82. The van der Waals surface area contributed by atoms with Gasteiger partial charge in [0.1, 0.15) is 6.10 Å². The molecule has 21 heavy (non-hydrogen) atoms. The molecule has 0 bridgehead atoms. The van der Waals surface area contributed by atoms with Crippen LogP contribution in [0.3, 0.4) is 0 Å². The molecule has 2 amide bonds. The van der Waals surface area contributed by atoms with Crippen molar-refractivity contribution in [1.29, 1.82) is 0 Å². The van der Waals surface area contributed by atoms with Crippen LogP contribution in [0, 0.1) is 0 Å². The van der Waals surface area contributed by atoms with Gasteiger partial charge in [-0.3, -0.25) is 9.59 Å². The van der Waals surface area contributed by atoms with Gasteiger partial charge >= 0.3 is 0 Å². The van der Waals surface area contributed by atoms with Gasteiger partial charge in [-0.25, -0.2) is 0 Å². The van der Waals surface area contributed by atoms with E-state index in [9.17, 15) is 9.59 Å². The number of carbonyl (C=O) groups excluding carboxylic acids is 2. The molecule has 1 atom stereocenters. The SMILES string of the molecule is CC1(CCC(=O)N2CCN(C(=O)C3CCCO3)CC2)N=N1. The zero-order valence-electron chi connectivity index (χ0n) is 12.5. The van der Waals surface area contributed by atoms with E-state index < -0.39 is 0 Å². The lowest BCUT2D eigenvalue weighted by atomic mass is 10.1. The number of ether oxygens (including phenoxy) is 1. The summed E-state index contributed by atoms with van der Waals surface area (Å²) >= 11 is 0. The first kappa shape index (κ1) is 14.4. The highest BCUT2D eigenvalue weighted by Gasteiger charge is 2.35. The quantitative estimate of drug-likeness (QED) is 0.769. The van der Waals surface area contributed by atoms with Crippen molar-refractivity contribution >= 4 is 11.8 Å². The summed E-state index contributed by atoms with van der Waals surface area (Å²) in [5, 5.41) is 7.84. The molecule has 0 radical (unpaired) electrons. The zero-order valence-corrected chi connectivity index (χ0v) is 12.5. The lowest BCUT2D eigenvalue weighted by Crippen LogP contribution is -2.52. The predicted molar refractivity (Wildman–Crippen MR) is 74.6 cm³/mol. The van der Waals surface area contributed by atoms with E-state index in [0.29, 0.717) is 45.6 Å². The van der Waals surface area contributed by atoms with Crippen molar-refractivity contribution in [2.75, 3.05) is 32.8 Å². The van der Waals surface area contributed by atoms with E-state index in [4.69, 9.17) is 4.74 Å². The van der Waals surface area contributed by atoms with Crippen LogP contribution in [-0.2, 0) is 14.3 Å². The molecule has 3 rings (SSSR count). The van der Waals surface area contributed by atoms with Gasteiger partial charge < -0.3 is 14.5 Å². The van der Waals surface area contributed by atoms with Gasteiger partial charge in [-0.05, 0) is 19.8 Å². The van der Waals surface area contributed by atoms with Crippen LogP contribution in [0.15, 0.2) is 10.2 Å². The number of nitrogens with zero attached hydrogens (tertiary/aromatic N) is 4. The molecule has 116 valence electrons. The summed E-state index contributed by atoms with van der Waals surface area (Å²) in [6.45, 7) is 5.06. The molecule has 7 nitrogen and oxygen atoms in total. The molecule has 2 saturated heterocycles. The predicted octanol–water partition coefficient (Wildman–Crippen LogP) is 0.798. The van der Waals surface area contributed by atoms with Gasteiger partial charge in [-0.1, -0.05) is 0 Å². The molecule has 0 aromatic carbocycles. The zero-order chi connectivity index (χ0) is 14.9. The Bertz CT molecular complexity index is 445. The second-order valence-electron chi connectivity index (χ2n) is 6.12. The van der Waals surface area contributed by atoms with Crippen molar-refractivity contribution in [2.45, 2.75) is 44.4 Å². The average Bonchev–Trinajstić information content (AvgIpc) is 3.03. The Morgan fingerprint density at radius 2 is 1.86 bits per heavy atom. The Hall–Kier alpha value is -1.50. The Morgan fingerprint density at radius 1 is 1.19 bits per heavy atom. The highest BCUT2D eigenvalue weighted by Crippen LogP contribution is 2.32. The molecule has 0 aromatic rings. The van der Waals surface area contributed by atoms with Crippen molar-refractivity contribution < 1.29 is 14.3 Å². The second-order valence-corrected chi connectivity index (χ2v) is 6.12. The first-order valence-corrected chi connectivity index (χ1v) is 7.70. The molecule has 1 unspecified atom stereocenters. The summed E-state index contributed by atoms with van der Waals surface area (Å²) < 4.78 is 5.43. The van der Waals surface area contributed by atoms with E-state index in [1.54, 1.807) is 0 Å². The topological polar surface area (TPSA) is 74.6 Å². The van der Waals surface area contributed by atoms with Gasteiger partial charge in [-0.2, -0.15) is 10.2 Å². The van der Waals surface area contributed by atoms with Gasteiger partial charge in [0, 0.05) is 45.6 Å². The van der Waals surface area contributed by atoms with Crippen molar-refractivity contribution in [3.63, 3.8) is 0 Å². The third-order valence-electron chi connectivity index (χ3n) is 4.40. The van der Waals surface area contributed by atoms with Crippen molar-refractivity contribution in [3.05, 3.63) is 0 Å². The highest BCUT2D eigenvalue weighted by atomic mass is 16.5. The first-order chi connectivity index (χ1) is 10.1. The maximum absolute atomic E-state index is 12.2. The van der Waals surface area contributed by atoms with Crippen molar-refractivity contribution in [2.24, 2.45) is 10.2 Å². The summed E-state index contributed by atoms with van der Waals surface area (Å²) in [6, 6.07) is 0. The fraction of sp³-hybridized carbons (Fsp3) is 0.857. The Labute approximate surface area is 124 Å². The van der Waals surface area contributed by atoms with Gasteiger partial charge in [0.15, 0.2) is 5.66 Å². The third kappa shape index (κ3) is 3.40. The average molecular weight is 294 g/mol. The van der Waals surface area contributed by atoms with Crippen molar-refractivity contribution in [1.82, 2.24) is 9.80 Å². The summed E-state index contributed by atoms with van der Waals surface area (Å²) in [4.78, 5) is 28.0. The van der Waals surface area contributed by atoms with E-state index >= 15 is 0 Å². The minimum absolute atomic E-state index is 0.0858. The molecule has 2 fully saturated rings. The van der Waals surface area contributed by atoms with Crippen LogP contribution < -0.4 is 0 Å². The van der Waals surface area contributed by atoms with E-state index in [2.05, 4.69) is 10.2 Å². The molecule has 3 heterocycles. The minimum atomic E-state index is -0.312. The Morgan fingerprint density at radius 3 is 2.43 bits per heavy atom. The number of hydrogen-bond donors (Lipinski definition) is 0. The third-order valence-corrected chi connectivity index (χ3v) is 4.40. The van der Waals surface area contributed by atoms with E-state index in [0.717, 1.165) is 12.8 Å². The van der Waals surface area contributed by atoms with Crippen molar-refractivity contribution in [3.8, 4) is 0 Å². The van der Waals surface area contributed by atoms with Crippen LogP contribution >= 0.6 is 0 Å². The molecule has 3 aliphatic rings. The van der Waals surface area contributed by atoms with Gasteiger partial charge in [0.05, 0.1) is 0 Å². The number of piperazine rings is 1. The van der Waals surface area contributed by atoms with Crippen LogP contribution in [0.2, 0.25) is 0 Å². The number of carbonyl (C=O) groups is 2. The van der Waals surface area contributed by atoms with Crippen LogP contribution in [0.25, 0.3) is 0 Å². The van der Waals surface area contributed by atoms with Crippen LogP contribution in [0.4, 0.5) is 0 Å². The van der Waals surface area contributed by atoms with E-state index in [1.165, 1.54) is 0 Å². The molecule has 0 aliphatic carbocycles. The first-order valence-electron chi connectivity index (χ1n) is 7.70. The van der Waals surface area contributed by atoms with Gasteiger partial charge in [0.2, 0.25) is 5.91 Å². The number of rotatable bonds is 4. The molecular weight excluding hydrogens is 272 g/mol. The molecular formula is C14H22N4O3. The van der Waals surface area contributed by atoms with E-state index in [1.807, 2.05) is 16.7 Å². The Kier molecular flexibility index (Phi) is 3.93. The van der Waals surface area contributed by atoms with Gasteiger partial charge in [0.25, 0.3) is 5.91 Å². The van der Waals surface area contributed by atoms with Crippen LogP contribution in [0.5, 0.6) is 0 Å². The van der Waals surface area contributed by atoms with E-state index in [-0.39, 0.29) is 23.6 Å². The minimum Gasteiger partial charge on any atom is -0.368 e. The lowest BCUT2D eigenvalue weighted by Gasteiger charge is -2.35. The standard InChI is InChI=1S/C14H22N4O3/c1-14(15-16-14)5-4-12(19)17-6-8-18(9-7-17)13(20)11-3-2-10-21-11/h11H,2-10H2,1H3. The molecule has 0 aromatic heterocycles. The molecule has 3 aliphatic heterocycles. The normalized spacial score (nSPS) is 27.0. The van der Waals surface area contributed by atoms with Gasteiger partial charge in [-0.15, -0.1) is 0 Å². The molecule has 0 saturated carbocycles. The summed E-state index contributed by atoms with van der Waals surface area (Å²) in [5.41, 5.74) is -0.312. The molecule has 0 N–H and O–H groups in total. The summed E-state index contributed by atoms with van der Waals surface area (Å²) in [7, 11) is 0. The smallest absolute Gasteiger partial charge is 0.251 e. The fourth-order valence-electron chi connectivity index (χ4n) is 2.84. The summed E-state index contributed by atoms with van der Waals surface area (Å²) in [6.07, 6.45) is 2.68. The lowest BCUT2D eigenvalue weighted by molar-refractivity contribution is -0.146.